The van der Waals surface area contributed by atoms with Crippen LogP contribution in [0.5, 0.6) is 0 Å². The molecular formula is C16H19ClSi. The van der Waals surface area contributed by atoms with Gasteiger partial charge >= 0.3 is 0 Å². The molecule has 0 radical (unpaired) electrons. The second-order valence-electron chi connectivity index (χ2n) is 5.36. The third-order valence-corrected chi connectivity index (χ3v) is 10.1. The molecule has 0 aromatic heterocycles. The summed E-state index contributed by atoms with van der Waals surface area (Å²) in [6, 6.07) is 21.1. The van der Waals surface area contributed by atoms with Gasteiger partial charge in [0.1, 0.15) is 0 Å². The molecule has 0 saturated carbocycles. The van der Waals surface area contributed by atoms with E-state index in [0.717, 1.165) is 0 Å². The lowest BCUT2D eigenvalue weighted by Crippen LogP contribution is -2.55. The van der Waals surface area contributed by atoms with Gasteiger partial charge in [-0.05, 0) is 10.8 Å². The Kier molecular flexibility index (Phi) is 3.65. The molecule has 2 aromatic carbocycles. The zero-order chi connectivity index (χ0) is 13.2. The number of rotatable bonds is 3. The van der Waals surface area contributed by atoms with Crippen LogP contribution >= 0.6 is 11.1 Å². The third-order valence-electron chi connectivity index (χ3n) is 3.99. The third kappa shape index (κ3) is 2.25. The van der Waals surface area contributed by atoms with Gasteiger partial charge < -0.3 is 0 Å². The lowest BCUT2D eigenvalue weighted by Gasteiger charge is -2.38. The van der Waals surface area contributed by atoms with Gasteiger partial charge in [0.25, 0.3) is 0 Å². The van der Waals surface area contributed by atoms with Gasteiger partial charge in [-0.3, -0.25) is 0 Å². The summed E-state index contributed by atoms with van der Waals surface area (Å²) in [6.45, 7) is 6.75. The van der Waals surface area contributed by atoms with Crippen LogP contribution in [0.1, 0.15) is 19.4 Å². The van der Waals surface area contributed by atoms with Crippen molar-refractivity contribution < 1.29 is 0 Å². The van der Waals surface area contributed by atoms with Crippen molar-refractivity contribution in [2.75, 3.05) is 0 Å². The van der Waals surface area contributed by atoms with Crippen LogP contribution in [0.25, 0.3) is 0 Å². The van der Waals surface area contributed by atoms with Gasteiger partial charge in [-0.25, -0.2) is 0 Å². The lowest BCUT2D eigenvalue weighted by molar-refractivity contribution is 0.736. The zero-order valence-electron chi connectivity index (χ0n) is 11.2. The van der Waals surface area contributed by atoms with Gasteiger partial charge in [0.05, 0.1) is 0 Å². The monoisotopic (exact) mass is 274 g/mol. The molecule has 2 heteroatoms. The summed E-state index contributed by atoms with van der Waals surface area (Å²) in [5, 5.41) is 1.29. The van der Waals surface area contributed by atoms with E-state index in [4.69, 9.17) is 11.1 Å². The highest BCUT2D eigenvalue weighted by Crippen LogP contribution is 2.35. The Morgan fingerprint density at radius 2 is 1.28 bits per heavy atom. The molecule has 0 fully saturated rings. The van der Waals surface area contributed by atoms with E-state index >= 15 is 0 Å². The van der Waals surface area contributed by atoms with Crippen LogP contribution in [0.2, 0.25) is 6.55 Å². The average Bonchev–Trinajstić information content (AvgIpc) is 2.40. The predicted molar refractivity (Wildman–Crippen MR) is 83.0 cm³/mol. The maximum atomic E-state index is 7.03. The Morgan fingerprint density at radius 3 is 1.78 bits per heavy atom. The number of hydrogen-bond acceptors (Lipinski definition) is 0. The topological polar surface area (TPSA) is 0 Å². The van der Waals surface area contributed by atoms with Gasteiger partial charge in [-0.2, -0.15) is 11.1 Å². The normalized spacial score (nSPS) is 15.1. The van der Waals surface area contributed by atoms with E-state index in [9.17, 15) is 0 Å². The molecule has 94 valence electrons. The van der Waals surface area contributed by atoms with Gasteiger partial charge in [0, 0.05) is 5.04 Å². The summed E-state index contributed by atoms with van der Waals surface area (Å²) in [6.07, 6.45) is 0. The minimum Gasteiger partial charge on any atom is -0.160 e. The molecule has 0 aliphatic carbocycles. The van der Waals surface area contributed by atoms with E-state index in [-0.39, 0.29) is 5.04 Å². The van der Waals surface area contributed by atoms with Crippen molar-refractivity contribution in [1.29, 1.82) is 0 Å². The molecule has 2 aromatic rings. The van der Waals surface area contributed by atoms with Crippen molar-refractivity contribution in [2.24, 2.45) is 0 Å². The molecule has 18 heavy (non-hydrogen) atoms. The molecule has 0 saturated heterocycles. The lowest BCUT2D eigenvalue weighted by atomic mass is 10.0. The molecule has 1 atom stereocenters. The minimum absolute atomic E-state index is 0.00281. The highest BCUT2D eigenvalue weighted by Gasteiger charge is 2.44. The first kappa shape index (κ1) is 13.4. The maximum absolute atomic E-state index is 7.03. The molecule has 0 aliphatic heterocycles. The minimum atomic E-state index is -2.08. The van der Waals surface area contributed by atoms with Crippen molar-refractivity contribution in [3.05, 3.63) is 66.2 Å². The van der Waals surface area contributed by atoms with Crippen molar-refractivity contribution in [2.45, 2.75) is 25.4 Å². The Balaban J connectivity index is 2.47. The SMILES string of the molecule is CC(C)(c1ccccc1)[Si](C)(Cl)c1ccccc1. The van der Waals surface area contributed by atoms with Crippen LogP contribution in [0.3, 0.4) is 0 Å². The molecule has 0 amide bonds. The Labute approximate surface area is 115 Å². The first-order chi connectivity index (χ1) is 8.46. The molecule has 0 bridgehead atoms. The highest BCUT2D eigenvalue weighted by molar-refractivity contribution is 7.28. The smallest absolute Gasteiger partial charge is 0.160 e. The molecule has 1 unspecified atom stereocenters. The first-order valence-electron chi connectivity index (χ1n) is 6.26. The Morgan fingerprint density at radius 1 is 0.833 bits per heavy atom. The molecule has 0 aliphatic rings. The maximum Gasteiger partial charge on any atom is 0.193 e. The average molecular weight is 275 g/mol. The molecule has 2 rings (SSSR count). The second-order valence-corrected chi connectivity index (χ2v) is 11.5. The number of halogens is 1. The summed E-state index contributed by atoms with van der Waals surface area (Å²) in [7, 11) is -2.08. The summed E-state index contributed by atoms with van der Waals surface area (Å²) in [5.74, 6) is 0. The van der Waals surface area contributed by atoms with Gasteiger partial charge in [-0.1, -0.05) is 81.1 Å². The molecule has 0 spiro atoms. The van der Waals surface area contributed by atoms with Crippen LogP contribution in [0.4, 0.5) is 0 Å². The van der Waals surface area contributed by atoms with Crippen LogP contribution in [-0.2, 0) is 5.04 Å². The van der Waals surface area contributed by atoms with Crippen LogP contribution in [0, 0.1) is 0 Å². The fraction of sp³-hybridized carbons (Fsp3) is 0.250. The fourth-order valence-corrected chi connectivity index (χ4v) is 5.19. The highest BCUT2D eigenvalue weighted by atomic mass is 35.6. The summed E-state index contributed by atoms with van der Waals surface area (Å²) < 4.78 is 0. The molecule has 0 nitrogen and oxygen atoms in total. The summed E-state index contributed by atoms with van der Waals surface area (Å²) in [4.78, 5) is 0. The predicted octanol–water partition coefficient (Wildman–Crippen LogP) is 4.22. The van der Waals surface area contributed by atoms with E-state index in [0.29, 0.717) is 0 Å². The first-order valence-corrected chi connectivity index (χ1v) is 9.77. The standard InChI is InChI=1S/C16H19ClSi/c1-16(2,14-10-6-4-7-11-14)18(3,17)15-12-8-5-9-13-15/h4-13H,1-3H3. The van der Waals surface area contributed by atoms with Gasteiger partial charge in [0.2, 0.25) is 0 Å². The van der Waals surface area contributed by atoms with E-state index in [2.05, 4.69) is 75.0 Å². The van der Waals surface area contributed by atoms with E-state index in [1.165, 1.54) is 10.8 Å². The Bertz CT molecular complexity index is 454. The number of benzene rings is 2. The summed E-state index contributed by atoms with van der Waals surface area (Å²) in [5.41, 5.74) is 1.32. The van der Waals surface area contributed by atoms with Gasteiger partial charge in [0.15, 0.2) is 7.38 Å². The molecular weight excluding hydrogens is 256 g/mol. The van der Waals surface area contributed by atoms with Crippen molar-refractivity contribution in [3.8, 4) is 0 Å². The largest absolute Gasteiger partial charge is 0.193 e. The zero-order valence-corrected chi connectivity index (χ0v) is 12.9. The quantitative estimate of drug-likeness (QED) is 0.581. The van der Waals surface area contributed by atoms with Crippen LogP contribution in [0.15, 0.2) is 60.7 Å². The van der Waals surface area contributed by atoms with Crippen LogP contribution in [-0.4, -0.2) is 7.38 Å². The van der Waals surface area contributed by atoms with E-state index < -0.39 is 7.38 Å². The molecule has 0 N–H and O–H groups in total. The van der Waals surface area contributed by atoms with E-state index in [1.807, 2.05) is 6.07 Å². The van der Waals surface area contributed by atoms with Crippen molar-refractivity contribution >= 4 is 23.6 Å². The van der Waals surface area contributed by atoms with Crippen molar-refractivity contribution in [3.63, 3.8) is 0 Å². The Hall–Kier alpha value is -1.05. The van der Waals surface area contributed by atoms with Crippen LogP contribution < -0.4 is 5.19 Å². The number of hydrogen-bond donors (Lipinski definition) is 0. The van der Waals surface area contributed by atoms with Crippen molar-refractivity contribution in [1.82, 2.24) is 0 Å². The summed E-state index contributed by atoms with van der Waals surface area (Å²) >= 11 is 7.03. The molecule has 0 heterocycles. The second kappa shape index (κ2) is 4.91. The van der Waals surface area contributed by atoms with Gasteiger partial charge in [-0.15, -0.1) is 0 Å². The van der Waals surface area contributed by atoms with E-state index in [1.54, 1.807) is 0 Å². The fourth-order valence-electron chi connectivity index (χ4n) is 2.24.